The number of alkyl halides is 1. The van der Waals surface area contributed by atoms with E-state index in [9.17, 15) is 9.18 Å². The first kappa shape index (κ1) is 12.7. The van der Waals surface area contributed by atoms with Crippen LogP contribution in [0.15, 0.2) is 0 Å². The number of rotatable bonds is 3. The first-order chi connectivity index (χ1) is 8.62. The molecule has 3 aliphatic rings. The molecule has 1 spiro atoms. The minimum absolute atomic E-state index is 0.0357. The molecule has 5 heteroatoms. The maximum Gasteiger partial charge on any atom is 0.225 e. The average Bonchev–Trinajstić information content (AvgIpc) is 2.67. The molecule has 3 fully saturated rings. The van der Waals surface area contributed by atoms with Gasteiger partial charge in [0, 0.05) is 31.4 Å². The van der Waals surface area contributed by atoms with Crippen molar-refractivity contribution >= 4 is 17.7 Å². The van der Waals surface area contributed by atoms with Crippen LogP contribution < -0.4 is 0 Å². The number of carbonyl (C=O) groups excluding carboxylic acids is 1. The maximum atomic E-state index is 12.8. The van der Waals surface area contributed by atoms with Crippen LogP contribution in [0, 0.1) is 5.92 Å². The quantitative estimate of drug-likeness (QED) is 0.786. The Morgan fingerprint density at radius 3 is 2.83 bits per heavy atom. The number of hydrogen-bond acceptors (Lipinski definition) is 3. The molecule has 0 aromatic heterocycles. The topological polar surface area (TPSA) is 29.5 Å². The monoisotopic (exact) mass is 273 g/mol. The van der Waals surface area contributed by atoms with Crippen LogP contribution in [-0.2, 0) is 9.53 Å². The second kappa shape index (κ2) is 4.67. The number of ether oxygens (including phenoxy) is 1. The SMILES string of the molecule is CCO[C@@H]1CSC2(C1)CN(C(=O)C1CC(F)C1)C2. The van der Waals surface area contributed by atoms with Gasteiger partial charge in [-0.2, -0.15) is 0 Å². The molecule has 1 atom stereocenters. The van der Waals surface area contributed by atoms with E-state index in [1.807, 2.05) is 23.6 Å². The summed E-state index contributed by atoms with van der Waals surface area (Å²) in [4.78, 5) is 13.9. The van der Waals surface area contributed by atoms with Crippen molar-refractivity contribution in [3.8, 4) is 0 Å². The molecule has 2 heterocycles. The standard InChI is InChI=1S/C13H20FNO2S/c1-2-17-11-5-13(18-6-11)7-15(8-13)12(16)9-3-10(14)4-9/h9-11H,2-8H2,1H3/t9?,10?,11-/m0/s1. The Morgan fingerprint density at radius 1 is 1.50 bits per heavy atom. The lowest BCUT2D eigenvalue weighted by molar-refractivity contribution is -0.146. The van der Waals surface area contributed by atoms with Crippen LogP contribution in [0.3, 0.4) is 0 Å². The smallest absolute Gasteiger partial charge is 0.225 e. The largest absolute Gasteiger partial charge is 0.378 e. The van der Waals surface area contributed by atoms with E-state index in [0.29, 0.717) is 18.9 Å². The molecule has 3 rings (SSSR count). The number of likely N-dealkylation sites (tertiary alicyclic amines) is 1. The van der Waals surface area contributed by atoms with Crippen LogP contribution in [0.4, 0.5) is 4.39 Å². The molecule has 2 aliphatic heterocycles. The highest BCUT2D eigenvalue weighted by Gasteiger charge is 2.52. The molecule has 18 heavy (non-hydrogen) atoms. The summed E-state index contributed by atoms with van der Waals surface area (Å²) in [5.41, 5.74) is 0. The van der Waals surface area contributed by atoms with Crippen molar-refractivity contribution in [2.75, 3.05) is 25.4 Å². The zero-order valence-electron chi connectivity index (χ0n) is 10.7. The molecule has 0 N–H and O–H groups in total. The van der Waals surface area contributed by atoms with E-state index in [0.717, 1.165) is 31.9 Å². The second-order valence-corrected chi connectivity index (χ2v) is 7.22. The molecule has 0 unspecified atom stereocenters. The molecule has 1 aliphatic carbocycles. The van der Waals surface area contributed by atoms with Crippen LogP contribution in [0.25, 0.3) is 0 Å². The van der Waals surface area contributed by atoms with Gasteiger partial charge in [0.25, 0.3) is 0 Å². The number of hydrogen-bond donors (Lipinski definition) is 0. The maximum absolute atomic E-state index is 12.8. The Kier molecular flexibility index (Phi) is 3.30. The van der Waals surface area contributed by atoms with Crippen molar-refractivity contribution in [2.45, 2.75) is 43.2 Å². The fourth-order valence-electron chi connectivity index (χ4n) is 3.18. The summed E-state index contributed by atoms with van der Waals surface area (Å²) in [5, 5.41) is 0. The number of nitrogens with zero attached hydrogens (tertiary/aromatic N) is 1. The molecular weight excluding hydrogens is 253 g/mol. The molecule has 1 amide bonds. The lowest BCUT2D eigenvalue weighted by Crippen LogP contribution is -2.62. The van der Waals surface area contributed by atoms with Gasteiger partial charge in [-0.3, -0.25) is 4.79 Å². The van der Waals surface area contributed by atoms with E-state index >= 15 is 0 Å². The van der Waals surface area contributed by atoms with Crippen molar-refractivity contribution in [1.29, 1.82) is 0 Å². The number of halogens is 1. The first-order valence-corrected chi connectivity index (χ1v) is 7.79. The zero-order chi connectivity index (χ0) is 12.8. The number of thioether (sulfide) groups is 1. The highest BCUT2D eigenvalue weighted by Crippen LogP contribution is 2.47. The summed E-state index contributed by atoms with van der Waals surface area (Å²) >= 11 is 1.95. The van der Waals surface area contributed by atoms with Crippen LogP contribution >= 0.6 is 11.8 Å². The van der Waals surface area contributed by atoms with Gasteiger partial charge >= 0.3 is 0 Å². The van der Waals surface area contributed by atoms with Crippen molar-refractivity contribution < 1.29 is 13.9 Å². The summed E-state index contributed by atoms with van der Waals surface area (Å²) < 4.78 is 18.6. The highest BCUT2D eigenvalue weighted by molar-refractivity contribution is 8.01. The van der Waals surface area contributed by atoms with Gasteiger partial charge < -0.3 is 9.64 Å². The summed E-state index contributed by atoms with van der Waals surface area (Å²) in [6.07, 6.45) is 1.56. The van der Waals surface area contributed by atoms with Crippen molar-refractivity contribution in [3.05, 3.63) is 0 Å². The van der Waals surface area contributed by atoms with Gasteiger partial charge in [0.05, 0.1) is 10.9 Å². The van der Waals surface area contributed by atoms with E-state index in [4.69, 9.17) is 4.74 Å². The van der Waals surface area contributed by atoms with Gasteiger partial charge in [-0.25, -0.2) is 4.39 Å². The van der Waals surface area contributed by atoms with E-state index in [1.54, 1.807) is 0 Å². The van der Waals surface area contributed by atoms with E-state index in [2.05, 4.69) is 0 Å². The Morgan fingerprint density at radius 2 is 2.22 bits per heavy atom. The molecule has 0 aromatic rings. The molecule has 0 radical (unpaired) electrons. The number of amides is 1. The lowest BCUT2D eigenvalue weighted by atomic mass is 9.80. The van der Waals surface area contributed by atoms with Gasteiger partial charge in [-0.1, -0.05) is 0 Å². The van der Waals surface area contributed by atoms with Crippen LogP contribution in [0.2, 0.25) is 0 Å². The first-order valence-electron chi connectivity index (χ1n) is 6.80. The van der Waals surface area contributed by atoms with Crippen LogP contribution in [-0.4, -0.2) is 53.3 Å². The van der Waals surface area contributed by atoms with E-state index in [1.165, 1.54) is 0 Å². The van der Waals surface area contributed by atoms with Crippen molar-refractivity contribution in [1.82, 2.24) is 4.90 Å². The predicted octanol–water partition coefficient (Wildman–Crippen LogP) is 1.86. The van der Waals surface area contributed by atoms with E-state index in [-0.39, 0.29) is 16.6 Å². The molecule has 0 aromatic carbocycles. The summed E-state index contributed by atoms with van der Waals surface area (Å²) in [6, 6.07) is 0. The minimum Gasteiger partial charge on any atom is -0.378 e. The Hall–Kier alpha value is -0.290. The lowest BCUT2D eigenvalue weighted by Gasteiger charge is -2.49. The zero-order valence-corrected chi connectivity index (χ0v) is 11.5. The van der Waals surface area contributed by atoms with Gasteiger partial charge in [-0.05, 0) is 26.2 Å². The molecule has 1 saturated carbocycles. The molecule has 2 saturated heterocycles. The highest BCUT2D eigenvalue weighted by atomic mass is 32.2. The van der Waals surface area contributed by atoms with Crippen molar-refractivity contribution in [3.63, 3.8) is 0 Å². The fraction of sp³-hybridized carbons (Fsp3) is 0.923. The van der Waals surface area contributed by atoms with Gasteiger partial charge in [0.2, 0.25) is 5.91 Å². The Balaban J connectivity index is 1.47. The summed E-state index contributed by atoms with van der Waals surface area (Å²) in [6.45, 7) is 4.47. The third kappa shape index (κ3) is 2.16. The normalized spacial score (nSPS) is 37.4. The van der Waals surface area contributed by atoms with Gasteiger partial charge in [-0.15, -0.1) is 11.8 Å². The minimum atomic E-state index is -0.739. The molecule has 102 valence electrons. The second-order valence-electron chi connectivity index (χ2n) is 5.74. The third-order valence-corrected chi connectivity index (χ3v) is 5.85. The molecular formula is C13H20FNO2S. The van der Waals surface area contributed by atoms with Gasteiger partial charge in [0.15, 0.2) is 0 Å². The summed E-state index contributed by atoms with van der Waals surface area (Å²) in [5.74, 6) is 1.19. The van der Waals surface area contributed by atoms with Crippen molar-refractivity contribution in [2.24, 2.45) is 5.92 Å². The summed E-state index contributed by atoms with van der Waals surface area (Å²) in [7, 11) is 0. The predicted molar refractivity (Wildman–Crippen MR) is 69.4 cm³/mol. The van der Waals surface area contributed by atoms with E-state index < -0.39 is 6.17 Å². The Bertz CT molecular complexity index is 340. The third-order valence-electron chi connectivity index (χ3n) is 4.28. The van der Waals surface area contributed by atoms with Crippen LogP contribution in [0.5, 0.6) is 0 Å². The fourth-order valence-corrected chi connectivity index (χ4v) is 4.73. The Labute approximate surface area is 111 Å². The average molecular weight is 273 g/mol. The molecule has 3 nitrogen and oxygen atoms in total. The van der Waals surface area contributed by atoms with Gasteiger partial charge in [0.1, 0.15) is 6.17 Å². The number of carbonyl (C=O) groups is 1. The van der Waals surface area contributed by atoms with Crippen LogP contribution in [0.1, 0.15) is 26.2 Å². The molecule has 0 bridgehead atoms.